The molecule has 0 bridgehead atoms. The van der Waals surface area contributed by atoms with Crippen LogP contribution in [0.25, 0.3) is 32.8 Å². The largest absolute Gasteiger partial charge is 0.493 e. The normalized spacial score (nSPS) is 16.5. The minimum atomic E-state index is -0.952. The number of piperazine rings is 1. The highest BCUT2D eigenvalue weighted by atomic mass is 35.5. The lowest BCUT2D eigenvalue weighted by Crippen LogP contribution is -2.52. The number of hydrogen-bond donors (Lipinski definition) is 2. The van der Waals surface area contributed by atoms with Crippen molar-refractivity contribution >= 4 is 39.2 Å². The minimum absolute atomic E-state index is 0.289. The number of benzene rings is 3. The van der Waals surface area contributed by atoms with Gasteiger partial charge in [0, 0.05) is 80.0 Å². The molecule has 2 N–H and O–H groups in total. The molecule has 2 aliphatic rings. The summed E-state index contributed by atoms with van der Waals surface area (Å²) in [4.78, 5) is 18.3. The van der Waals surface area contributed by atoms with E-state index in [1.807, 2.05) is 60.5 Å². The summed E-state index contributed by atoms with van der Waals surface area (Å²) in [6.07, 6.45) is 3.35. The van der Waals surface area contributed by atoms with Crippen LogP contribution in [0.4, 0.5) is 4.39 Å². The van der Waals surface area contributed by atoms with Gasteiger partial charge < -0.3 is 24.6 Å². The van der Waals surface area contributed by atoms with Crippen LogP contribution in [0.1, 0.15) is 46.7 Å². The molecule has 264 valence electrons. The maximum absolute atomic E-state index is 13.8. The summed E-state index contributed by atoms with van der Waals surface area (Å²) in [5.74, 6) is -0.559. The molecule has 0 unspecified atom stereocenters. The average Bonchev–Trinajstić information content (AvgIpc) is 3.57. The quantitative estimate of drug-likeness (QED) is 0.149. The van der Waals surface area contributed by atoms with Gasteiger partial charge in [-0.2, -0.15) is 5.10 Å². The number of likely N-dealkylation sites (tertiary alicyclic amines) is 1. The Labute approximate surface area is 297 Å². The first kappa shape index (κ1) is 34.5. The molecule has 0 radical (unpaired) electrons. The van der Waals surface area contributed by atoms with E-state index in [2.05, 4.69) is 20.2 Å². The van der Waals surface area contributed by atoms with Crippen LogP contribution in [0.2, 0.25) is 5.02 Å². The Morgan fingerprint density at radius 1 is 1.02 bits per heavy atom. The second-order valence-corrected chi connectivity index (χ2v) is 14.1. The zero-order valence-electron chi connectivity index (χ0n) is 29.1. The number of carboxylic acid groups (broad SMARTS) is 1. The number of ether oxygens (including phenoxy) is 1. The lowest BCUT2D eigenvalue weighted by atomic mass is 9.98. The Morgan fingerprint density at radius 3 is 2.50 bits per heavy atom. The minimum Gasteiger partial charge on any atom is -0.493 e. The van der Waals surface area contributed by atoms with Gasteiger partial charge in [0.25, 0.3) is 0 Å². The van der Waals surface area contributed by atoms with Gasteiger partial charge in [-0.05, 0) is 93.9 Å². The van der Waals surface area contributed by atoms with Gasteiger partial charge in [0.15, 0.2) is 0 Å². The highest BCUT2D eigenvalue weighted by molar-refractivity contribution is 6.35. The zero-order chi connectivity index (χ0) is 34.9. The third kappa shape index (κ3) is 6.74. The van der Waals surface area contributed by atoms with Crippen molar-refractivity contribution in [2.45, 2.75) is 52.1 Å². The molecule has 11 heteroatoms. The van der Waals surface area contributed by atoms with E-state index in [0.29, 0.717) is 48.5 Å². The van der Waals surface area contributed by atoms with Crippen molar-refractivity contribution in [2.75, 3.05) is 52.4 Å². The zero-order valence-corrected chi connectivity index (χ0v) is 29.9. The summed E-state index contributed by atoms with van der Waals surface area (Å²) in [6, 6.07) is 14.7. The average molecular weight is 701 g/mol. The molecule has 0 aliphatic carbocycles. The highest BCUT2D eigenvalue weighted by Gasteiger charge is 2.29. The van der Waals surface area contributed by atoms with E-state index in [4.69, 9.17) is 16.3 Å². The number of aryl methyl sites for hydroxylation is 3. The predicted octanol–water partition coefficient (Wildman–Crippen LogP) is 6.68. The number of fused-ring (bicyclic) bond motifs is 2. The van der Waals surface area contributed by atoms with E-state index in [1.54, 1.807) is 6.07 Å². The second-order valence-electron chi connectivity index (χ2n) is 13.7. The number of hydrogen-bond acceptors (Lipinski definition) is 6. The molecule has 3 aromatic carbocycles. The highest BCUT2D eigenvalue weighted by Crippen LogP contribution is 2.42. The van der Waals surface area contributed by atoms with Crippen molar-refractivity contribution in [3.05, 3.63) is 82.0 Å². The Hall–Kier alpha value is -3.96. The standard InChI is InChI=1S/C39H46ClFN6O3/c1-25-35(26(2)44(3)43-25)36-33(40)12-11-32-31(7-5-23-50-34-8-4-6-27-24-28(41)9-10-30(27)34)38(39(48)49)47(37(32)36)22-21-45-17-13-29(14-18-45)46-19-15-42-16-20-46/h4,6,8-12,24,29,42H,5,7,13-23H2,1-3H3,(H,48,49). The lowest BCUT2D eigenvalue weighted by Gasteiger charge is -2.40. The summed E-state index contributed by atoms with van der Waals surface area (Å²) in [5.41, 5.74) is 5.53. The lowest BCUT2D eigenvalue weighted by molar-refractivity contribution is 0.0681. The molecule has 50 heavy (non-hydrogen) atoms. The molecule has 2 saturated heterocycles. The fourth-order valence-electron chi connectivity index (χ4n) is 8.17. The summed E-state index contributed by atoms with van der Waals surface area (Å²) in [7, 11) is 1.92. The Kier molecular flexibility index (Phi) is 10.2. The number of piperidine rings is 1. The number of nitrogens with zero attached hydrogens (tertiary/aromatic N) is 5. The van der Waals surface area contributed by atoms with Crippen molar-refractivity contribution in [1.82, 2.24) is 29.5 Å². The second kappa shape index (κ2) is 14.7. The van der Waals surface area contributed by atoms with Crippen molar-refractivity contribution in [3.63, 3.8) is 0 Å². The van der Waals surface area contributed by atoms with Gasteiger partial charge in [-0.15, -0.1) is 0 Å². The van der Waals surface area contributed by atoms with E-state index in [0.717, 1.165) is 108 Å². The third-order valence-electron chi connectivity index (χ3n) is 10.7. The molecular formula is C39H46ClFN6O3. The van der Waals surface area contributed by atoms with Crippen LogP contribution in [0.3, 0.4) is 0 Å². The third-order valence-corrected chi connectivity index (χ3v) is 11.1. The van der Waals surface area contributed by atoms with E-state index in [-0.39, 0.29) is 5.82 Å². The predicted molar refractivity (Wildman–Crippen MR) is 197 cm³/mol. The van der Waals surface area contributed by atoms with Crippen LogP contribution in [0, 0.1) is 19.7 Å². The molecule has 4 heterocycles. The van der Waals surface area contributed by atoms with Gasteiger partial charge >= 0.3 is 5.97 Å². The Morgan fingerprint density at radius 2 is 1.78 bits per heavy atom. The van der Waals surface area contributed by atoms with Crippen LogP contribution in [-0.2, 0) is 20.0 Å². The van der Waals surface area contributed by atoms with Gasteiger partial charge in [-0.3, -0.25) is 9.58 Å². The number of nitrogens with one attached hydrogen (secondary N) is 1. The fourth-order valence-corrected chi connectivity index (χ4v) is 8.41. The number of rotatable bonds is 11. The Balaban J connectivity index is 1.19. The first-order valence-electron chi connectivity index (χ1n) is 17.8. The van der Waals surface area contributed by atoms with Crippen molar-refractivity contribution in [2.24, 2.45) is 7.05 Å². The van der Waals surface area contributed by atoms with Crippen molar-refractivity contribution < 1.29 is 19.0 Å². The van der Waals surface area contributed by atoms with Crippen LogP contribution in [-0.4, -0.2) is 93.7 Å². The van der Waals surface area contributed by atoms with Crippen LogP contribution in [0.5, 0.6) is 5.75 Å². The molecule has 9 nitrogen and oxygen atoms in total. The summed E-state index contributed by atoms with van der Waals surface area (Å²) < 4.78 is 23.9. The molecule has 2 aromatic heterocycles. The van der Waals surface area contributed by atoms with Crippen LogP contribution >= 0.6 is 11.6 Å². The number of aromatic carboxylic acids is 1. The van der Waals surface area contributed by atoms with Gasteiger partial charge in [-0.1, -0.05) is 29.8 Å². The molecule has 0 spiro atoms. The molecular weight excluding hydrogens is 655 g/mol. The maximum atomic E-state index is 13.8. The summed E-state index contributed by atoms with van der Waals surface area (Å²) >= 11 is 7.03. The molecule has 0 amide bonds. The molecule has 0 atom stereocenters. The monoisotopic (exact) mass is 700 g/mol. The van der Waals surface area contributed by atoms with Crippen LogP contribution in [0.15, 0.2) is 48.5 Å². The Bertz CT molecular complexity index is 2030. The number of aromatic nitrogens is 3. The summed E-state index contributed by atoms with van der Waals surface area (Å²) in [5, 5.41) is 22.1. The first-order valence-corrected chi connectivity index (χ1v) is 18.1. The van der Waals surface area contributed by atoms with E-state index in [1.165, 1.54) is 12.1 Å². The van der Waals surface area contributed by atoms with Crippen molar-refractivity contribution in [1.29, 1.82) is 0 Å². The van der Waals surface area contributed by atoms with E-state index >= 15 is 0 Å². The number of halogens is 2. The van der Waals surface area contributed by atoms with E-state index < -0.39 is 5.97 Å². The number of carboxylic acids is 1. The van der Waals surface area contributed by atoms with Crippen molar-refractivity contribution in [3.8, 4) is 16.9 Å². The van der Waals surface area contributed by atoms with Gasteiger partial charge in [0.05, 0.1) is 22.8 Å². The molecule has 7 rings (SSSR count). The summed E-state index contributed by atoms with van der Waals surface area (Å²) in [6.45, 7) is 12.0. The topological polar surface area (TPSA) is 87.8 Å². The molecule has 5 aromatic rings. The SMILES string of the molecule is Cc1nn(C)c(C)c1-c1c(Cl)ccc2c(CCCOc3cccc4cc(F)ccc34)c(C(=O)O)n(CCN3CCC(N4CCNCC4)CC3)c12. The molecule has 0 saturated carbocycles. The van der Waals surface area contributed by atoms with Gasteiger partial charge in [0.1, 0.15) is 17.3 Å². The first-order chi connectivity index (χ1) is 24.2. The van der Waals surface area contributed by atoms with Crippen LogP contribution < -0.4 is 10.1 Å². The molecule has 2 fully saturated rings. The maximum Gasteiger partial charge on any atom is 0.352 e. The van der Waals surface area contributed by atoms with Gasteiger partial charge in [0.2, 0.25) is 0 Å². The number of carbonyl (C=O) groups is 1. The smallest absolute Gasteiger partial charge is 0.352 e. The fraction of sp³-hybridized carbons (Fsp3) is 0.436. The van der Waals surface area contributed by atoms with E-state index in [9.17, 15) is 14.3 Å². The molecule has 2 aliphatic heterocycles. The van der Waals surface area contributed by atoms with Gasteiger partial charge in [-0.25, -0.2) is 9.18 Å².